The summed E-state index contributed by atoms with van der Waals surface area (Å²) in [7, 11) is 1.69. The van der Waals surface area contributed by atoms with Crippen molar-refractivity contribution in [3.63, 3.8) is 0 Å². The van der Waals surface area contributed by atoms with Gasteiger partial charge < -0.3 is 4.74 Å². The molecule has 0 N–H and O–H groups in total. The first kappa shape index (κ1) is 20.4. The van der Waals surface area contributed by atoms with Crippen LogP contribution in [-0.2, 0) is 6.42 Å². The van der Waals surface area contributed by atoms with Crippen molar-refractivity contribution in [3.8, 4) is 17.0 Å². The normalized spacial score (nSPS) is 11.1. The van der Waals surface area contributed by atoms with Crippen LogP contribution in [0.1, 0.15) is 63.9 Å². The molecule has 2 heteroatoms. The molecular formula is C26H33NO. The number of benzene rings is 2. The SMILES string of the molecule is CCCCCCCCCCc1ccc2nc(-c3ccc(OC)cc3)ccc2c1. The predicted octanol–water partition coefficient (Wildman–Crippen LogP) is 7.59. The fourth-order valence-corrected chi connectivity index (χ4v) is 3.72. The van der Waals surface area contributed by atoms with Crippen LogP contribution in [0.5, 0.6) is 5.75 Å². The maximum Gasteiger partial charge on any atom is 0.118 e. The van der Waals surface area contributed by atoms with Crippen molar-refractivity contribution in [2.45, 2.75) is 64.7 Å². The van der Waals surface area contributed by atoms with Crippen molar-refractivity contribution in [1.82, 2.24) is 4.98 Å². The number of aromatic nitrogens is 1. The number of hydrogen-bond donors (Lipinski definition) is 0. The summed E-state index contributed by atoms with van der Waals surface area (Å²) in [5.74, 6) is 0.871. The van der Waals surface area contributed by atoms with E-state index < -0.39 is 0 Å². The van der Waals surface area contributed by atoms with Crippen molar-refractivity contribution >= 4 is 10.9 Å². The van der Waals surface area contributed by atoms with Gasteiger partial charge in [-0.2, -0.15) is 0 Å². The van der Waals surface area contributed by atoms with E-state index in [2.05, 4.69) is 49.4 Å². The van der Waals surface area contributed by atoms with Gasteiger partial charge >= 0.3 is 0 Å². The number of unbranched alkanes of at least 4 members (excludes halogenated alkanes) is 7. The summed E-state index contributed by atoms with van der Waals surface area (Å²) in [4.78, 5) is 4.85. The number of rotatable bonds is 11. The second kappa shape index (κ2) is 10.8. The van der Waals surface area contributed by atoms with Gasteiger partial charge in [-0.3, -0.25) is 0 Å². The molecule has 0 aliphatic carbocycles. The average Bonchev–Trinajstić information content (AvgIpc) is 2.75. The third kappa shape index (κ3) is 5.82. The molecule has 0 unspecified atom stereocenters. The summed E-state index contributed by atoms with van der Waals surface area (Å²) in [5, 5.41) is 1.23. The number of pyridine rings is 1. The number of nitrogens with zero attached hydrogens (tertiary/aromatic N) is 1. The Kier molecular flexibility index (Phi) is 7.90. The van der Waals surface area contributed by atoms with E-state index in [4.69, 9.17) is 9.72 Å². The Labute approximate surface area is 170 Å². The fourth-order valence-electron chi connectivity index (χ4n) is 3.72. The lowest BCUT2D eigenvalue weighted by Gasteiger charge is -2.07. The Morgan fingerprint density at radius 3 is 2.18 bits per heavy atom. The van der Waals surface area contributed by atoms with Crippen LogP contribution in [0, 0.1) is 0 Å². The van der Waals surface area contributed by atoms with Crippen molar-refractivity contribution < 1.29 is 4.74 Å². The van der Waals surface area contributed by atoms with E-state index in [1.807, 2.05) is 12.1 Å². The number of hydrogen-bond acceptors (Lipinski definition) is 2. The molecule has 0 aliphatic rings. The van der Waals surface area contributed by atoms with Crippen LogP contribution in [0.25, 0.3) is 22.2 Å². The molecule has 1 heterocycles. The fraction of sp³-hybridized carbons (Fsp3) is 0.423. The maximum atomic E-state index is 5.24. The molecule has 28 heavy (non-hydrogen) atoms. The maximum absolute atomic E-state index is 5.24. The molecule has 3 aromatic rings. The van der Waals surface area contributed by atoms with Gasteiger partial charge in [0.15, 0.2) is 0 Å². The average molecular weight is 376 g/mol. The van der Waals surface area contributed by atoms with Crippen LogP contribution < -0.4 is 4.74 Å². The Hall–Kier alpha value is -2.35. The Morgan fingerprint density at radius 1 is 0.750 bits per heavy atom. The van der Waals surface area contributed by atoms with Gasteiger partial charge in [0.1, 0.15) is 5.75 Å². The van der Waals surface area contributed by atoms with E-state index in [1.165, 1.54) is 68.7 Å². The molecule has 0 fully saturated rings. The molecular weight excluding hydrogens is 342 g/mol. The molecule has 2 nitrogen and oxygen atoms in total. The molecule has 0 saturated heterocycles. The van der Waals surface area contributed by atoms with Gasteiger partial charge in [0.25, 0.3) is 0 Å². The van der Waals surface area contributed by atoms with Gasteiger partial charge in [0.05, 0.1) is 18.3 Å². The Morgan fingerprint density at radius 2 is 1.46 bits per heavy atom. The van der Waals surface area contributed by atoms with E-state index in [1.54, 1.807) is 7.11 Å². The molecule has 2 aromatic carbocycles. The highest BCUT2D eigenvalue weighted by molar-refractivity contribution is 5.82. The van der Waals surface area contributed by atoms with Gasteiger partial charge in [-0.25, -0.2) is 4.98 Å². The number of ether oxygens (including phenoxy) is 1. The molecule has 0 saturated carbocycles. The Bertz CT molecular complexity index is 854. The second-order valence-electron chi connectivity index (χ2n) is 7.68. The minimum atomic E-state index is 0.871. The van der Waals surface area contributed by atoms with Crippen LogP contribution in [0.15, 0.2) is 54.6 Å². The largest absolute Gasteiger partial charge is 0.497 e. The van der Waals surface area contributed by atoms with Gasteiger partial charge in [0, 0.05) is 10.9 Å². The van der Waals surface area contributed by atoms with Crippen molar-refractivity contribution in [2.75, 3.05) is 7.11 Å². The molecule has 0 bridgehead atoms. The van der Waals surface area contributed by atoms with E-state index in [-0.39, 0.29) is 0 Å². The van der Waals surface area contributed by atoms with Crippen LogP contribution in [0.2, 0.25) is 0 Å². The lowest BCUT2D eigenvalue weighted by molar-refractivity contribution is 0.415. The summed E-state index contributed by atoms with van der Waals surface area (Å²) >= 11 is 0. The molecule has 3 rings (SSSR count). The standard InChI is InChI=1S/C26H33NO/c1-3-4-5-6-7-8-9-10-11-21-12-18-26-23(20-21)15-19-25(27-26)22-13-16-24(28-2)17-14-22/h12-20H,3-11H2,1-2H3. The van der Waals surface area contributed by atoms with E-state index in [9.17, 15) is 0 Å². The number of methoxy groups -OCH3 is 1. The predicted molar refractivity (Wildman–Crippen MR) is 120 cm³/mol. The van der Waals surface area contributed by atoms with Crippen LogP contribution in [0.3, 0.4) is 0 Å². The van der Waals surface area contributed by atoms with Gasteiger partial charge in [0.2, 0.25) is 0 Å². The third-order valence-electron chi connectivity index (χ3n) is 5.46. The van der Waals surface area contributed by atoms with E-state index >= 15 is 0 Å². The second-order valence-corrected chi connectivity index (χ2v) is 7.68. The van der Waals surface area contributed by atoms with Gasteiger partial charge in [-0.05, 0) is 60.9 Å². The first-order valence-electron chi connectivity index (χ1n) is 10.8. The van der Waals surface area contributed by atoms with Gasteiger partial charge in [-0.1, -0.05) is 64.0 Å². The molecule has 1 aromatic heterocycles. The zero-order valence-electron chi connectivity index (χ0n) is 17.4. The first-order chi connectivity index (χ1) is 13.8. The number of fused-ring (bicyclic) bond motifs is 1. The quantitative estimate of drug-likeness (QED) is 0.322. The van der Waals surface area contributed by atoms with E-state index in [0.29, 0.717) is 0 Å². The summed E-state index contributed by atoms with van der Waals surface area (Å²) < 4.78 is 5.24. The monoisotopic (exact) mass is 375 g/mol. The molecule has 0 radical (unpaired) electrons. The first-order valence-corrected chi connectivity index (χ1v) is 10.8. The highest BCUT2D eigenvalue weighted by Gasteiger charge is 2.04. The summed E-state index contributed by atoms with van der Waals surface area (Å²) in [6.45, 7) is 2.28. The third-order valence-corrected chi connectivity index (χ3v) is 5.46. The minimum Gasteiger partial charge on any atom is -0.497 e. The van der Waals surface area contributed by atoms with Crippen molar-refractivity contribution in [2.24, 2.45) is 0 Å². The molecule has 0 atom stereocenters. The summed E-state index contributed by atoms with van der Waals surface area (Å²) in [6, 6.07) is 19.1. The smallest absolute Gasteiger partial charge is 0.118 e. The van der Waals surface area contributed by atoms with Crippen LogP contribution in [-0.4, -0.2) is 12.1 Å². The van der Waals surface area contributed by atoms with Crippen LogP contribution in [0.4, 0.5) is 0 Å². The summed E-state index contributed by atoms with van der Waals surface area (Å²) in [6.07, 6.45) is 12.1. The lowest BCUT2D eigenvalue weighted by atomic mass is 10.0. The van der Waals surface area contributed by atoms with E-state index in [0.717, 1.165) is 22.5 Å². The zero-order chi connectivity index (χ0) is 19.6. The lowest BCUT2D eigenvalue weighted by Crippen LogP contribution is -1.90. The highest BCUT2D eigenvalue weighted by Crippen LogP contribution is 2.24. The highest BCUT2D eigenvalue weighted by atomic mass is 16.5. The molecule has 148 valence electrons. The molecule has 0 aliphatic heterocycles. The molecule has 0 spiro atoms. The summed E-state index contributed by atoms with van der Waals surface area (Å²) in [5.41, 5.74) is 4.61. The van der Waals surface area contributed by atoms with Crippen LogP contribution >= 0.6 is 0 Å². The van der Waals surface area contributed by atoms with Crippen molar-refractivity contribution in [3.05, 3.63) is 60.2 Å². The topological polar surface area (TPSA) is 22.1 Å². The Balaban J connectivity index is 1.54. The van der Waals surface area contributed by atoms with Crippen molar-refractivity contribution in [1.29, 1.82) is 0 Å². The minimum absolute atomic E-state index is 0.871. The number of aryl methyl sites for hydroxylation is 1. The molecule has 0 amide bonds. The zero-order valence-corrected chi connectivity index (χ0v) is 17.4. The van der Waals surface area contributed by atoms with Gasteiger partial charge in [-0.15, -0.1) is 0 Å².